The van der Waals surface area contributed by atoms with E-state index < -0.39 is 6.09 Å². The Hall–Kier alpha value is -1.97. The third-order valence-corrected chi connectivity index (χ3v) is 2.42. The Balaban J connectivity index is 2.79. The molecule has 0 saturated heterocycles. The Kier molecular flexibility index (Phi) is 2.11. The lowest BCUT2D eigenvalue weighted by Gasteiger charge is -2.04. The van der Waals surface area contributed by atoms with Crippen LogP contribution >= 0.6 is 0 Å². The van der Waals surface area contributed by atoms with Crippen LogP contribution in [0, 0.1) is 6.92 Å². The molecule has 78 valence electrons. The van der Waals surface area contributed by atoms with Crippen molar-refractivity contribution >= 4 is 22.7 Å². The molecule has 0 unspecified atom stereocenters. The van der Waals surface area contributed by atoms with Gasteiger partial charge in [-0.15, -0.1) is 0 Å². The number of nitrogen functional groups attached to an aromatic ring is 1. The molecule has 15 heavy (non-hydrogen) atoms. The lowest BCUT2D eigenvalue weighted by molar-refractivity contribution is 0.173. The molecule has 1 aromatic carbocycles. The van der Waals surface area contributed by atoms with Crippen molar-refractivity contribution in [2.75, 3.05) is 12.8 Å². The van der Waals surface area contributed by atoms with E-state index in [2.05, 4.69) is 0 Å². The summed E-state index contributed by atoms with van der Waals surface area (Å²) in [4.78, 5) is 11.5. The normalized spacial score (nSPS) is 10.5. The molecule has 4 heteroatoms. The highest BCUT2D eigenvalue weighted by molar-refractivity contribution is 5.97. The van der Waals surface area contributed by atoms with E-state index in [0.717, 1.165) is 16.6 Å². The van der Waals surface area contributed by atoms with Gasteiger partial charge >= 0.3 is 6.09 Å². The molecule has 2 aromatic rings. The molecular formula is C11H12N2O2. The van der Waals surface area contributed by atoms with Crippen molar-refractivity contribution in [3.8, 4) is 0 Å². The predicted molar refractivity (Wildman–Crippen MR) is 58.9 cm³/mol. The van der Waals surface area contributed by atoms with Crippen molar-refractivity contribution in [1.29, 1.82) is 0 Å². The SMILES string of the molecule is COC(=O)n1c(C)cc2c(N)cccc21. The fourth-order valence-corrected chi connectivity index (χ4v) is 1.72. The molecule has 2 rings (SSSR count). The van der Waals surface area contributed by atoms with E-state index >= 15 is 0 Å². The molecular weight excluding hydrogens is 192 g/mol. The first kappa shape index (κ1) is 9.58. The van der Waals surface area contributed by atoms with Crippen LogP contribution in [0.2, 0.25) is 0 Å². The minimum Gasteiger partial charge on any atom is -0.452 e. The fourth-order valence-electron chi connectivity index (χ4n) is 1.72. The molecule has 4 nitrogen and oxygen atoms in total. The van der Waals surface area contributed by atoms with Crippen LogP contribution in [0.1, 0.15) is 5.69 Å². The molecule has 0 aliphatic carbocycles. The molecule has 0 saturated carbocycles. The predicted octanol–water partition coefficient (Wildman–Crippen LogP) is 2.15. The van der Waals surface area contributed by atoms with E-state index in [0.29, 0.717) is 5.69 Å². The van der Waals surface area contributed by atoms with Crippen molar-refractivity contribution in [3.05, 3.63) is 30.0 Å². The molecule has 0 spiro atoms. The summed E-state index contributed by atoms with van der Waals surface area (Å²) in [6.07, 6.45) is -0.395. The quantitative estimate of drug-likeness (QED) is 0.669. The Bertz CT molecular complexity index is 529. The van der Waals surface area contributed by atoms with Gasteiger partial charge in [0.15, 0.2) is 0 Å². The number of ether oxygens (including phenoxy) is 1. The number of fused-ring (bicyclic) bond motifs is 1. The second-order valence-corrected chi connectivity index (χ2v) is 3.37. The maximum atomic E-state index is 11.5. The summed E-state index contributed by atoms with van der Waals surface area (Å²) in [6, 6.07) is 7.34. The van der Waals surface area contributed by atoms with Gasteiger partial charge in [-0.25, -0.2) is 9.36 Å². The third kappa shape index (κ3) is 1.34. The van der Waals surface area contributed by atoms with Gasteiger partial charge in [0.05, 0.1) is 12.6 Å². The zero-order chi connectivity index (χ0) is 11.0. The van der Waals surface area contributed by atoms with Crippen molar-refractivity contribution in [2.24, 2.45) is 0 Å². The van der Waals surface area contributed by atoms with Crippen LogP contribution in [0.4, 0.5) is 10.5 Å². The summed E-state index contributed by atoms with van der Waals surface area (Å²) in [7, 11) is 1.36. The lowest BCUT2D eigenvalue weighted by atomic mass is 10.2. The van der Waals surface area contributed by atoms with Gasteiger partial charge in [0, 0.05) is 16.8 Å². The molecule has 0 amide bonds. The molecule has 0 radical (unpaired) electrons. The van der Waals surface area contributed by atoms with E-state index in [1.54, 1.807) is 0 Å². The van der Waals surface area contributed by atoms with E-state index in [4.69, 9.17) is 10.5 Å². The Morgan fingerprint density at radius 3 is 2.87 bits per heavy atom. The summed E-state index contributed by atoms with van der Waals surface area (Å²) in [6.45, 7) is 1.84. The number of benzene rings is 1. The van der Waals surface area contributed by atoms with Crippen molar-refractivity contribution < 1.29 is 9.53 Å². The van der Waals surface area contributed by atoms with E-state index in [9.17, 15) is 4.79 Å². The second-order valence-electron chi connectivity index (χ2n) is 3.37. The topological polar surface area (TPSA) is 57.2 Å². The summed E-state index contributed by atoms with van der Waals surface area (Å²) >= 11 is 0. The fraction of sp³-hybridized carbons (Fsp3) is 0.182. The molecule has 0 fully saturated rings. The van der Waals surface area contributed by atoms with Crippen LogP contribution in [0.5, 0.6) is 0 Å². The Morgan fingerprint density at radius 2 is 2.20 bits per heavy atom. The number of aryl methyl sites for hydroxylation is 1. The van der Waals surface area contributed by atoms with Crippen molar-refractivity contribution in [3.63, 3.8) is 0 Å². The number of carbonyl (C=O) groups is 1. The maximum absolute atomic E-state index is 11.5. The average molecular weight is 204 g/mol. The van der Waals surface area contributed by atoms with Gasteiger partial charge in [-0.1, -0.05) is 6.07 Å². The van der Waals surface area contributed by atoms with Crippen LogP contribution in [-0.2, 0) is 4.74 Å². The largest absolute Gasteiger partial charge is 0.452 e. The number of rotatable bonds is 0. The summed E-state index contributed by atoms with van der Waals surface area (Å²) < 4.78 is 6.21. The van der Waals surface area contributed by atoms with Gasteiger partial charge in [0.1, 0.15) is 0 Å². The number of nitrogens with zero attached hydrogens (tertiary/aromatic N) is 1. The highest BCUT2D eigenvalue weighted by Gasteiger charge is 2.13. The minimum absolute atomic E-state index is 0.395. The Labute approximate surface area is 87.2 Å². The smallest absolute Gasteiger partial charge is 0.418 e. The number of anilines is 1. The first-order chi connectivity index (χ1) is 7.15. The van der Waals surface area contributed by atoms with E-state index in [1.807, 2.05) is 31.2 Å². The molecule has 1 aromatic heterocycles. The molecule has 0 aliphatic heterocycles. The third-order valence-electron chi connectivity index (χ3n) is 2.42. The molecule has 1 heterocycles. The number of hydrogen-bond acceptors (Lipinski definition) is 3. The first-order valence-corrected chi connectivity index (χ1v) is 4.60. The summed E-state index contributed by atoms with van der Waals surface area (Å²) in [5.41, 5.74) is 8.07. The van der Waals surface area contributed by atoms with Gasteiger partial charge in [0.25, 0.3) is 0 Å². The summed E-state index contributed by atoms with van der Waals surface area (Å²) in [5.74, 6) is 0. The van der Waals surface area contributed by atoms with Crippen LogP contribution in [0.25, 0.3) is 10.9 Å². The number of hydrogen-bond donors (Lipinski definition) is 1. The highest BCUT2D eigenvalue weighted by Crippen LogP contribution is 2.24. The van der Waals surface area contributed by atoms with Crippen molar-refractivity contribution in [1.82, 2.24) is 4.57 Å². The summed E-state index contributed by atoms with van der Waals surface area (Å²) in [5, 5.41) is 0.875. The standard InChI is InChI=1S/C11H12N2O2/c1-7-6-8-9(12)4-3-5-10(8)13(7)11(14)15-2/h3-6H,12H2,1-2H3. The Morgan fingerprint density at radius 1 is 1.47 bits per heavy atom. The molecule has 0 bridgehead atoms. The average Bonchev–Trinajstić information content (AvgIpc) is 2.55. The van der Waals surface area contributed by atoms with Gasteiger partial charge in [-0.3, -0.25) is 0 Å². The highest BCUT2D eigenvalue weighted by atomic mass is 16.5. The zero-order valence-corrected chi connectivity index (χ0v) is 8.65. The van der Waals surface area contributed by atoms with Gasteiger partial charge in [-0.2, -0.15) is 0 Å². The van der Waals surface area contributed by atoms with Crippen molar-refractivity contribution in [2.45, 2.75) is 6.92 Å². The zero-order valence-electron chi connectivity index (χ0n) is 8.65. The second kappa shape index (κ2) is 3.31. The number of methoxy groups -OCH3 is 1. The number of aromatic nitrogens is 1. The number of nitrogens with two attached hydrogens (primary N) is 1. The first-order valence-electron chi connectivity index (χ1n) is 4.60. The monoisotopic (exact) mass is 204 g/mol. The van der Waals surface area contributed by atoms with Crippen LogP contribution in [0.15, 0.2) is 24.3 Å². The van der Waals surface area contributed by atoms with Crippen LogP contribution < -0.4 is 5.73 Å². The van der Waals surface area contributed by atoms with E-state index in [-0.39, 0.29) is 0 Å². The van der Waals surface area contributed by atoms with Gasteiger partial charge in [-0.05, 0) is 25.1 Å². The molecule has 0 aliphatic rings. The lowest BCUT2D eigenvalue weighted by Crippen LogP contribution is -2.12. The molecule has 0 atom stereocenters. The maximum Gasteiger partial charge on any atom is 0.418 e. The molecule has 2 N–H and O–H groups in total. The number of carbonyl (C=O) groups excluding carboxylic acids is 1. The van der Waals surface area contributed by atoms with Crippen LogP contribution in [0.3, 0.4) is 0 Å². The van der Waals surface area contributed by atoms with Gasteiger partial charge in [0.2, 0.25) is 0 Å². The van der Waals surface area contributed by atoms with Gasteiger partial charge < -0.3 is 10.5 Å². The van der Waals surface area contributed by atoms with Crippen LogP contribution in [-0.4, -0.2) is 17.8 Å². The minimum atomic E-state index is -0.395. The van der Waals surface area contributed by atoms with E-state index in [1.165, 1.54) is 11.7 Å².